The Balaban J connectivity index is 2.25. The standard InChI is InChI=1S/C21H33N3O/c1-16(15-25)12-23(13-19-10-8-7-9-11-19)14-20-17(2)22-24(18(20)3)21(4,5)6/h7-11,16,25H,12-15H2,1-6H3/t16-/m0/s1. The minimum Gasteiger partial charge on any atom is -0.396 e. The number of nitrogens with zero attached hydrogens (tertiary/aromatic N) is 3. The molecule has 4 heteroatoms. The fourth-order valence-corrected chi connectivity index (χ4v) is 3.31. The van der Waals surface area contributed by atoms with Crippen LogP contribution in [0.3, 0.4) is 0 Å². The summed E-state index contributed by atoms with van der Waals surface area (Å²) in [4.78, 5) is 2.42. The molecule has 0 fully saturated rings. The van der Waals surface area contributed by atoms with Crippen molar-refractivity contribution < 1.29 is 5.11 Å². The number of aliphatic hydroxyl groups excluding tert-OH is 1. The van der Waals surface area contributed by atoms with Crippen LogP contribution in [0.2, 0.25) is 0 Å². The molecule has 138 valence electrons. The van der Waals surface area contributed by atoms with Crippen molar-refractivity contribution in [2.24, 2.45) is 5.92 Å². The highest BCUT2D eigenvalue weighted by molar-refractivity contribution is 5.26. The lowest BCUT2D eigenvalue weighted by atomic mass is 10.1. The van der Waals surface area contributed by atoms with Gasteiger partial charge in [0.2, 0.25) is 0 Å². The summed E-state index contributed by atoms with van der Waals surface area (Å²) in [6, 6.07) is 10.5. The van der Waals surface area contributed by atoms with E-state index < -0.39 is 0 Å². The molecular formula is C21H33N3O. The molecule has 0 saturated carbocycles. The van der Waals surface area contributed by atoms with Gasteiger partial charge in [-0.3, -0.25) is 9.58 Å². The van der Waals surface area contributed by atoms with Gasteiger partial charge in [-0.15, -0.1) is 0 Å². The largest absolute Gasteiger partial charge is 0.396 e. The Bertz CT molecular complexity index is 670. The molecular weight excluding hydrogens is 310 g/mol. The number of hydrogen-bond acceptors (Lipinski definition) is 3. The molecule has 1 aromatic heterocycles. The van der Waals surface area contributed by atoms with Crippen molar-refractivity contribution in [3.8, 4) is 0 Å². The van der Waals surface area contributed by atoms with Crippen molar-refractivity contribution in [2.45, 2.75) is 60.2 Å². The van der Waals surface area contributed by atoms with Gasteiger partial charge in [-0.05, 0) is 46.1 Å². The summed E-state index contributed by atoms with van der Waals surface area (Å²) >= 11 is 0. The lowest BCUT2D eigenvalue weighted by Gasteiger charge is -2.26. The number of aryl methyl sites for hydroxylation is 1. The zero-order valence-corrected chi connectivity index (χ0v) is 16.6. The molecule has 0 spiro atoms. The van der Waals surface area contributed by atoms with E-state index in [0.717, 1.165) is 25.3 Å². The summed E-state index contributed by atoms with van der Waals surface area (Å²) in [6.45, 7) is 15.7. The first-order chi connectivity index (χ1) is 11.7. The molecule has 1 aromatic carbocycles. The summed E-state index contributed by atoms with van der Waals surface area (Å²) in [5.74, 6) is 0.252. The van der Waals surface area contributed by atoms with Gasteiger partial charge in [-0.2, -0.15) is 5.10 Å². The van der Waals surface area contributed by atoms with Crippen LogP contribution in [0.5, 0.6) is 0 Å². The Morgan fingerprint density at radius 1 is 1.12 bits per heavy atom. The van der Waals surface area contributed by atoms with Crippen molar-refractivity contribution in [2.75, 3.05) is 13.2 Å². The third-order valence-electron chi connectivity index (χ3n) is 4.59. The highest BCUT2D eigenvalue weighted by Gasteiger charge is 2.22. The van der Waals surface area contributed by atoms with E-state index >= 15 is 0 Å². The number of rotatable bonds is 7. The predicted octanol–water partition coefficient (Wildman–Crippen LogP) is 3.89. The van der Waals surface area contributed by atoms with Gasteiger partial charge in [-0.1, -0.05) is 37.3 Å². The number of aliphatic hydroxyl groups is 1. The molecule has 0 unspecified atom stereocenters. The molecule has 4 nitrogen and oxygen atoms in total. The molecule has 1 atom stereocenters. The number of hydrogen-bond donors (Lipinski definition) is 1. The monoisotopic (exact) mass is 343 g/mol. The number of aromatic nitrogens is 2. The van der Waals surface area contributed by atoms with Crippen LogP contribution in [-0.2, 0) is 18.6 Å². The average Bonchev–Trinajstić information content (AvgIpc) is 2.83. The summed E-state index contributed by atoms with van der Waals surface area (Å²) in [7, 11) is 0. The van der Waals surface area contributed by atoms with E-state index in [1.54, 1.807) is 0 Å². The molecule has 0 bridgehead atoms. The third kappa shape index (κ3) is 5.16. The van der Waals surface area contributed by atoms with E-state index in [4.69, 9.17) is 5.10 Å². The maximum Gasteiger partial charge on any atom is 0.0641 e. The van der Waals surface area contributed by atoms with Gasteiger partial charge in [0.25, 0.3) is 0 Å². The van der Waals surface area contributed by atoms with Crippen molar-refractivity contribution in [3.63, 3.8) is 0 Å². The smallest absolute Gasteiger partial charge is 0.0641 e. The Hall–Kier alpha value is -1.65. The Labute approximate surface area is 152 Å². The predicted molar refractivity (Wildman–Crippen MR) is 104 cm³/mol. The Kier molecular flexibility index (Phi) is 6.42. The first-order valence-electron chi connectivity index (χ1n) is 9.15. The highest BCUT2D eigenvalue weighted by atomic mass is 16.3. The van der Waals surface area contributed by atoms with Gasteiger partial charge in [-0.25, -0.2) is 0 Å². The molecule has 0 aliphatic rings. The zero-order chi connectivity index (χ0) is 18.6. The maximum atomic E-state index is 9.49. The van der Waals surface area contributed by atoms with Crippen LogP contribution in [0.15, 0.2) is 30.3 Å². The van der Waals surface area contributed by atoms with E-state index in [0.29, 0.717) is 0 Å². The van der Waals surface area contributed by atoms with Gasteiger partial charge < -0.3 is 5.11 Å². The molecule has 25 heavy (non-hydrogen) atoms. The molecule has 2 aromatic rings. The van der Waals surface area contributed by atoms with Crippen molar-refractivity contribution in [1.82, 2.24) is 14.7 Å². The fourth-order valence-electron chi connectivity index (χ4n) is 3.31. The fraction of sp³-hybridized carbons (Fsp3) is 0.571. The van der Waals surface area contributed by atoms with E-state index in [2.05, 4.69) is 75.4 Å². The SMILES string of the molecule is Cc1nn(C(C)(C)C)c(C)c1CN(Cc1ccccc1)C[C@H](C)CO. The van der Waals surface area contributed by atoms with Gasteiger partial charge in [0.15, 0.2) is 0 Å². The number of benzene rings is 1. The summed E-state index contributed by atoms with van der Waals surface area (Å²) in [5, 5.41) is 14.3. The van der Waals surface area contributed by atoms with Gasteiger partial charge >= 0.3 is 0 Å². The first kappa shape index (κ1) is 19.7. The maximum absolute atomic E-state index is 9.49. The Morgan fingerprint density at radius 3 is 2.28 bits per heavy atom. The third-order valence-corrected chi connectivity index (χ3v) is 4.59. The zero-order valence-electron chi connectivity index (χ0n) is 16.6. The van der Waals surface area contributed by atoms with Gasteiger partial charge in [0.1, 0.15) is 0 Å². The first-order valence-corrected chi connectivity index (χ1v) is 9.15. The van der Waals surface area contributed by atoms with Crippen LogP contribution in [0, 0.1) is 19.8 Å². The second-order valence-corrected chi connectivity index (χ2v) is 8.17. The molecule has 0 amide bonds. The molecule has 1 N–H and O–H groups in total. The van der Waals surface area contributed by atoms with Crippen molar-refractivity contribution in [3.05, 3.63) is 52.8 Å². The van der Waals surface area contributed by atoms with Crippen molar-refractivity contribution >= 4 is 0 Å². The van der Waals surface area contributed by atoms with E-state index in [9.17, 15) is 5.11 Å². The molecule has 0 aliphatic heterocycles. The molecule has 0 saturated heterocycles. The van der Waals surface area contributed by atoms with Crippen LogP contribution >= 0.6 is 0 Å². The quantitative estimate of drug-likeness (QED) is 0.829. The second kappa shape index (κ2) is 8.15. The topological polar surface area (TPSA) is 41.3 Å². The van der Waals surface area contributed by atoms with Crippen molar-refractivity contribution in [1.29, 1.82) is 0 Å². The van der Waals surface area contributed by atoms with Crippen LogP contribution in [0.4, 0.5) is 0 Å². The minimum atomic E-state index is -0.0181. The summed E-state index contributed by atoms with van der Waals surface area (Å²) < 4.78 is 2.13. The molecule has 1 heterocycles. The molecule has 0 radical (unpaired) electrons. The van der Waals surface area contributed by atoms with Crippen LogP contribution in [0.1, 0.15) is 50.2 Å². The van der Waals surface area contributed by atoms with Gasteiger partial charge in [0, 0.05) is 37.5 Å². The minimum absolute atomic E-state index is 0.0181. The van der Waals surface area contributed by atoms with E-state index in [1.807, 2.05) is 6.07 Å². The second-order valence-electron chi connectivity index (χ2n) is 8.17. The van der Waals surface area contributed by atoms with Gasteiger partial charge in [0.05, 0.1) is 11.2 Å². The van der Waals surface area contributed by atoms with Crippen LogP contribution in [-0.4, -0.2) is 32.9 Å². The summed E-state index contributed by atoms with van der Waals surface area (Å²) in [5.41, 5.74) is 4.92. The normalized spacial score (nSPS) is 13.4. The van der Waals surface area contributed by atoms with E-state index in [-0.39, 0.29) is 18.1 Å². The lowest BCUT2D eigenvalue weighted by Crippen LogP contribution is -2.30. The van der Waals surface area contributed by atoms with Crippen LogP contribution < -0.4 is 0 Å². The van der Waals surface area contributed by atoms with E-state index in [1.165, 1.54) is 16.8 Å². The lowest BCUT2D eigenvalue weighted by molar-refractivity contribution is 0.163. The summed E-state index contributed by atoms with van der Waals surface area (Å²) in [6.07, 6.45) is 0. The highest BCUT2D eigenvalue weighted by Crippen LogP contribution is 2.23. The Morgan fingerprint density at radius 2 is 1.76 bits per heavy atom. The molecule has 0 aliphatic carbocycles. The molecule has 2 rings (SSSR count). The van der Waals surface area contributed by atoms with Crippen LogP contribution in [0.25, 0.3) is 0 Å². The average molecular weight is 344 g/mol.